The molecule has 0 radical (unpaired) electrons. The minimum absolute atomic E-state index is 0.0559. The molecular weight excluding hydrogens is 258 g/mol. The van der Waals surface area contributed by atoms with Gasteiger partial charge < -0.3 is 15.7 Å². The predicted molar refractivity (Wildman–Crippen MR) is 74.1 cm³/mol. The normalized spacial score (nSPS) is 11.7. The molecule has 2 rings (SSSR count). The highest BCUT2D eigenvalue weighted by molar-refractivity contribution is 5.97. The molecule has 0 aliphatic rings. The van der Waals surface area contributed by atoms with Crippen LogP contribution in [0, 0.1) is 13.8 Å². The van der Waals surface area contributed by atoms with Gasteiger partial charge in [-0.3, -0.25) is 0 Å². The van der Waals surface area contributed by atoms with Crippen molar-refractivity contribution >= 4 is 5.84 Å². The molecule has 0 spiro atoms. The second-order valence-electron chi connectivity index (χ2n) is 4.38. The summed E-state index contributed by atoms with van der Waals surface area (Å²) >= 11 is 0. The third kappa shape index (κ3) is 2.71. The van der Waals surface area contributed by atoms with Crippen molar-refractivity contribution in [3.8, 4) is 5.75 Å². The van der Waals surface area contributed by atoms with Crippen LogP contribution in [-0.4, -0.2) is 32.9 Å². The lowest BCUT2D eigenvalue weighted by molar-refractivity contribution is 0.318. The van der Waals surface area contributed by atoms with Crippen LogP contribution in [-0.2, 0) is 6.54 Å². The Bertz CT molecular complexity index is 648. The van der Waals surface area contributed by atoms with E-state index < -0.39 is 0 Å². The number of aryl methyl sites for hydroxylation is 2. The Morgan fingerprint density at radius 3 is 2.75 bits per heavy atom. The van der Waals surface area contributed by atoms with E-state index in [0.717, 1.165) is 11.4 Å². The molecule has 7 heteroatoms. The van der Waals surface area contributed by atoms with Gasteiger partial charge in [0.05, 0.1) is 13.7 Å². The van der Waals surface area contributed by atoms with Gasteiger partial charge in [-0.1, -0.05) is 5.16 Å². The fraction of sp³-hybridized carbons (Fsp3) is 0.308. The molecule has 2 aromatic rings. The average molecular weight is 275 g/mol. The van der Waals surface area contributed by atoms with Crippen molar-refractivity contribution in [1.29, 1.82) is 0 Å². The number of hydrogen-bond donors (Lipinski definition) is 2. The number of nitrogens with zero attached hydrogens (tertiary/aromatic N) is 4. The Morgan fingerprint density at radius 1 is 1.45 bits per heavy atom. The predicted octanol–water partition coefficient (Wildman–Crippen LogP) is 1.05. The molecule has 0 bridgehead atoms. The number of hydrogen-bond acceptors (Lipinski definition) is 5. The van der Waals surface area contributed by atoms with E-state index in [-0.39, 0.29) is 5.84 Å². The summed E-state index contributed by atoms with van der Waals surface area (Å²) in [6.45, 7) is 4.23. The Labute approximate surface area is 116 Å². The van der Waals surface area contributed by atoms with Gasteiger partial charge in [-0.2, -0.15) is 5.10 Å². The van der Waals surface area contributed by atoms with Crippen LogP contribution in [0.1, 0.15) is 22.8 Å². The maximum atomic E-state index is 8.75. The van der Waals surface area contributed by atoms with E-state index in [4.69, 9.17) is 15.7 Å². The average Bonchev–Trinajstić information content (AvgIpc) is 2.76. The van der Waals surface area contributed by atoms with Crippen LogP contribution in [0.5, 0.6) is 5.75 Å². The van der Waals surface area contributed by atoms with Gasteiger partial charge >= 0.3 is 0 Å². The fourth-order valence-corrected chi connectivity index (χ4v) is 1.99. The molecule has 0 amide bonds. The molecule has 7 nitrogen and oxygen atoms in total. The topological polar surface area (TPSA) is 98.6 Å². The number of methoxy groups -OCH3 is 1. The maximum absolute atomic E-state index is 8.75. The second kappa shape index (κ2) is 5.60. The van der Waals surface area contributed by atoms with Crippen molar-refractivity contribution < 1.29 is 9.94 Å². The molecule has 0 saturated carbocycles. The van der Waals surface area contributed by atoms with E-state index in [2.05, 4.69) is 15.2 Å². The SMILES string of the molecule is COc1ccc(/C(N)=N/O)cc1Cn1nc(C)nc1C. The number of rotatable bonds is 4. The maximum Gasteiger partial charge on any atom is 0.170 e. The number of benzene rings is 1. The standard InChI is InChI=1S/C13H17N5O2/c1-8-15-9(2)18(16-8)7-11-6-10(13(14)17-19)4-5-12(11)20-3/h4-6,19H,7H2,1-3H3,(H2,14,17). The second-order valence-corrected chi connectivity index (χ2v) is 4.38. The lowest BCUT2D eigenvalue weighted by atomic mass is 10.1. The molecule has 3 N–H and O–H groups in total. The zero-order chi connectivity index (χ0) is 14.7. The van der Waals surface area contributed by atoms with Crippen LogP contribution in [0.25, 0.3) is 0 Å². The Hall–Kier alpha value is -2.57. The van der Waals surface area contributed by atoms with Crippen molar-refractivity contribution in [2.24, 2.45) is 10.9 Å². The molecular formula is C13H17N5O2. The largest absolute Gasteiger partial charge is 0.496 e. The quantitative estimate of drug-likeness (QED) is 0.376. The molecule has 0 aliphatic heterocycles. The highest BCUT2D eigenvalue weighted by Gasteiger charge is 2.10. The summed E-state index contributed by atoms with van der Waals surface area (Å²) in [5.74, 6) is 2.31. The molecule has 0 fully saturated rings. The third-order valence-corrected chi connectivity index (χ3v) is 2.97. The van der Waals surface area contributed by atoms with Crippen LogP contribution >= 0.6 is 0 Å². The van der Waals surface area contributed by atoms with Crippen molar-refractivity contribution in [3.05, 3.63) is 41.0 Å². The number of aromatic nitrogens is 3. The first-order valence-corrected chi connectivity index (χ1v) is 6.08. The molecule has 0 atom stereocenters. The zero-order valence-corrected chi connectivity index (χ0v) is 11.7. The minimum Gasteiger partial charge on any atom is -0.496 e. The van der Waals surface area contributed by atoms with Crippen LogP contribution in [0.15, 0.2) is 23.4 Å². The van der Waals surface area contributed by atoms with Crippen LogP contribution in [0.4, 0.5) is 0 Å². The van der Waals surface area contributed by atoms with Gasteiger partial charge in [0.2, 0.25) is 0 Å². The van der Waals surface area contributed by atoms with Crippen molar-refractivity contribution in [3.63, 3.8) is 0 Å². The van der Waals surface area contributed by atoms with E-state index >= 15 is 0 Å². The van der Waals surface area contributed by atoms with Gasteiger partial charge in [0, 0.05) is 11.1 Å². The van der Waals surface area contributed by atoms with E-state index in [9.17, 15) is 0 Å². The monoisotopic (exact) mass is 275 g/mol. The molecule has 0 unspecified atom stereocenters. The summed E-state index contributed by atoms with van der Waals surface area (Å²) in [7, 11) is 1.60. The molecule has 1 heterocycles. The minimum atomic E-state index is 0.0559. The van der Waals surface area contributed by atoms with Gasteiger partial charge in [0.1, 0.15) is 17.4 Å². The molecule has 0 saturated heterocycles. The van der Waals surface area contributed by atoms with E-state index in [0.29, 0.717) is 23.7 Å². The first kappa shape index (κ1) is 13.9. The van der Waals surface area contributed by atoms with Gasteiger partial charge in [-0.15, -0.1) is 0 Å². The lowest BCUT2D eigenvalue weighted by Crippen LogP contribution is -2.14. The Kier molecular flexibility index (Phi) is 3.88. The number of oxime groups is 1. The Balaban J connectivity index is 2.41. The molecule has 1 aromatic carbocycles. The summed E-state index contributed by atoms with van der Waals surface area (Å²) in [4.78, 5) is 4.26. The number of nitrogens with two attached hydrogens (primary N) is 1. The molecule has 20 heavy (non-hydrogen) atoms. The summed E-state index contributed by atoms with van der Waals surface area (Å²) in [6, 6.07) is 5.32. The lowest BCUT2D eigenvalue weighted by Gasteiger charge is -2.11. The summed E-state index contributed by atoms with van der Waals surface area (Å²) < 4.78 is 7.11. The summed E-state index contributed by atoms with van der Waals surface area (Å²) in [5, 5.41) is 16.1. The van der Waals surface area contributed by atoms with Gasteiger partial charge in [-0.05, 0) is 32.0 Å². The fourth-order valence-electron chi connectivity index (χ4n) is 1.99. The molecule has 0 aliphatic carbocycles. The van der Waals surface area contributed by atoms with E-state index in [1.807, 2.05) is 19.9 Å². The van der Waals surface area contributed by atoms with Crippen molar-refractivity contribution in [1.82, 2.24) is 14.8 Å². The first-order chi connectivity index (χ1) is 9.55. The highest BCUT2D eigenvalue weighted by Crippen LogP contribution is 2.21. The van der Waals surface area contributed by atoms with E-state index in [1.54, 1.807) is 23.9 Å². The van der Waals surface area contributed by atoms with Crippen LogP contribution in [0.3, 0.4) is 0 Å². The smallest absolute Gasteiger partial charge is 0.170 e. The molecule has 106 valence electrons. The molecule has 1 aromatic heterocycles. The Morgan fingerprint density at radius 2 is 2.20 bits per heavy atom. The summed E-state index contributed by atoms with van der Waals surface area (Å²) in [6.07, 6.45) is 0. The number of ether oxygens (including phenoxy) is 1. The first-order valence-electron chi connectivity index (χ1n) is 6.08. The zero-order valence-electron chi connectivity index (χ0n) is 11.7. The van der Waals surface area contributed by atoms with Gasteiger partial charge in [-0.25, -0.2) is 9.67 Å². The van der Waals surface area contributed by atoms with Gasteiger partial charge in [0.15, 0.2) is 5.84 Å². The summed E-state index contributed by atoms with van der Waals surface area (Å²) in [5.41, 5.74) is 7.11. The van der Waals surface area contributed by atoms with E-state index in [1.165, 1.54) is 0 Å². The van der Waals surface area contributed by atoms with Crippen molar-refractivity contribution in [2.75, 3.05) is 7.11 Å². The van der Waals surface area contributed by atoms with Gasteiger partial charge in [0.25, 0.3) is 0 Å². The van der Waals surface area contributed by atoms with Crippen LogP contribution < -0.4 is 10.5 Å². The third-order valence-electron chi connectivity index (χ3n) is 2.97. The van der Waals surface area contributed by atoms with Crippen molar-refractivity contribution in [2.45, 2.75) is 20.4 Å². The van der Waals surface area contributed by atoms with Crippen LogP contribution in [0.2, 0.25) is 0 Å². The number of amidine groups is 1. The highest BCUT2D eigenvalue weighted by atomic mass is 16.5.